The summed E-state index contributed by atoms with van der Waals surface area (Å²) in [6.07, 6.45) is 13.1. The van der Waals surface area contributed by atoms with E-state index in [-0.39, 0.29) is 5.41 Å². The zero-order valence-corrected chi connectivity index (χ0v) is 24.0. The molecule has 1 heteroatoms. The predicted octanol–water partition coefficient (Wildman–Crippen LogP) is 9.30. The molecule has 4 rings (SSSR count). The quantitative estimate of drug-likeness (QED) is 0.248. The summed E-state index contributed by atoms with van der Waals surface area (Å²) in [5.41, 5.74) is 10.0. The molecule has 0 aromatic heterocycles. The summed E-state index contributed by atoms with van der Waals surface area (Å²) in [7, 11) is 0.690. The van der Waals surface area contributed by atoms with Gasteiger partial charge in [0.05, 0.1) is 0 Å². The van der Waals surface area contributed by atoms with E-state index in [1.807, 2.05) is 0 Å². The fraction of sp³-hybridized carbons (Fsp3) is 0.371. The average molecular weight is 491 g/mol. The van der Waals surface area contributed by atoms with Crippen LogP contribution in [0.15, 0.2) is 89.7 Å². The SMILES string of the molecule is CCCCc1ccc(-c2cccc([Si]C3=C(C(C)(C)C)C=CC3)c2-c2ccc(CCCC)cc2)cc1. The van der Waals surface area contributed by atoms with Crippen molar-refractivity contribution in [2.24, 2.45) is 5.41 Å². The average Bonchev–Trinajstić information content (AvgIpc) is 3.36. The molecule has 0 N–H and O–H groups in total. The lowest BCUT2D eigenvalue weighted by atomic mass is 9.87. The van der Waals surface area contributed by atoms with E-state index in [4.69, 9.17) is 0 Å². The van der Waals surface area contributed by atoms with Crippen LogP contribution in [-0.4, -0.2) is 9.52 Å². The van der Waals surface area contributed by atoms with E-state index in [1.165, 1.54) is 82.7 Å². The van der Waals surface area contributed by atoms with Crippen molar-refractivity contribution in [3.8, 4) is 22.3 Å². The molecule has 0 amide bonds. The van der Waals surface area contributed by atoms with Gasteiger partial charge in [-0.25, -0.2) is 0 Å². The van der Waals surface area contributed by atoms with Crippen LogP contribution in [0, 0.1) is 5.41 Å². The Kier molecular flexibility index (Phi) is 8.85. The van der Waals surface area contributed by atoms with Crippen LogP contribution in [0.1, 0.15) is 77.8 Å². The molecule has 0 unspecified atom stereocenters. The monoisotopic (exact) mass is 490 g/mol. The van der Waals surface area contributed by atoms with Crippen molar-refractivity contribution >= 4 is 14.7 Å². The van der Waals surface area contributed by atoms with Gasteiger partial charge in [-0.1, -0.05) is 137 Å². The first-order chi connectivity index (χ1) is 17.4. The zero-order chi connectivity index (χ0) is 25.5. The molecular weight excluding hydrogens is 448 g/mol. The molecule has 3 aromatic rings. The van der Waals surface area contributed by atoms with Gasteiger partial charge in [-0.15, -0.1) is 0 Å². The topological polar surface area (TPSA) is 0 Å². The summed E-state index contributed by atoms with van der Waals surface area (Å²) in [6, 6.07) is 25.7. The molecule has 1 aliphatic carbocycles. The lowest BCUT2D eigenvalue weighted by Crippen LogP contribution is -2.22. The van der Waals surface area contributed by atoms with E-state index in [1.54, 1.807) is 5.20 Å². The molecule has 2 radical (unpaired) electrons. The first-order valence-corrected chi connectivity index (χ1v) is 14.9. The van der Waals surface area contributed by atoms with Crippen LogP contribution in [0.25, 0.3) is 22.3 Å². The van der Waals surface area contributed by atoms with Crippen molar-refractivity contribution in [1.82, 2.24) is 0 Å². The smallest absolute Gasteiger partial charge is 0.0806 e. The Bertz CT molecular complexity index is 1200. The molecule has 0 saturated heterocycles. The van der Waals surface area contributed by atoms with E-state index in [0.29, 0.717) is 9.52 Å². The summed E-state index contributed by atoms with van der Waals surface area (Å²) >= 11 is 0. The van der Waals surface area contributed by atoms with Gasteiger partial charge in [0.25, 0.3) is 0 Å². The maximum absolute atomic E-state index is 2.36. The molecule has 1 aliphatic rings. The van der Waals surface area contributed by atoms with E-state index >= 15 is 0 Å². The van der Waals surface area contributed by atoms with Gasteiger partial charge in [0, 0.05) is 0 Å². The van der Waals surface area contributed by atoms with Gasteiger partial charge in [-0.2, -0.15) is 0 Å². The summed E-state index contributed by atoms with van der Waals surface area (Å²) in [6.45, 7) is 11.6. The van der Waals surface area contributed by atoms with Crippen LogP contribution in [0.2, 0.25) is 0 Å². The van der Waals surface area contributed by atoms with Crippen molar-refractivity contribution < 1.29 is 0 Å². The summed E-state index contributed by atoms with van der Waals surface area (Å²) in [5.74, 6) is 0. The second-order valence-corrected chi connectivity index (χ2v) is 12.6. The number of aryl methyl sites for hydroxylation is 2. The standard InChI is InChI=1S/C35H42Si/c1-6-8-12-26-18-22-28(23-19-26)30-14-10-17-33(36-32-16-11-15-31(32)35(3,4)5)34(30)29-24-20-27(21-25-29)13-9-7-2/h10-11,14-15,17-25H,6-9,12-13,16H2,1-5H3. The van der Waals surface area contributed by atoms with Crippen LogP contribution in [-0.2, 0) is 12.8 Å². The van der Waals surface area contributed by atoms with Crippen molar-refractivity contribution in [1.29, 1.82) is 0 Å². The Morgan fingerprint density at radius 1 is 0.722 bits per heavy atom. The lowest BCUT2D eigenvalue weighted by molar-refractivity contribution is 0.516. The zero-order valence-electron chi connectivity index (χ0n) is 23.0. The Morgan fingerprint density at radius 2 is 1.31 bits per heavy atom. The number of unbranched alkanes of at least 4 members (excludes halogenated alkanes) is 2. The molecule has 0 spiro atoms. The van der Waals surface area contributed by atoms with Gasteiger partial charge in [-0.05, 0) is 76.5 Å². The highest BCUT2D eigenvalue weighted by atomic mass is 28.2. The third kappa shape index (κ3) is 6.37. The van der Waals surface area contributed by atoms with Crippen molar-refractivity contribution in [2.75, 3.05) is 0 Å². The Balaban J connectivity index is 1.78. The molecule has 3 aromatic carbocycles. The maximum Gasteiger partial charge on any atom is 0.117 e. The maximum atomic E-state index is 2.36. The second kappa shape index (κ2) is 12.1. The normalized spacial score (nSPS) is 13.6. The largest absolute Gasteiger partial charge is 0.117 e. The minimum Gasteiger partial charge on any atom is -0.0806 e. The molecule has 36 heavy (non-hydrogen) atoms. The van der Waals surface area contributed by atoms with Crippen molar-refractivity contribution in [3.63, 3.8) is 0 Å². The van der Waals surface area contributed by atoms with Gasteiger partial charge in [0.2, 0.25) is 0 Å². The number of hydrogen-bond acceptors (Lipinski definition) is 0. The molecule has 0 aliphatic heterocycles. The van der Waals surface area contributed by atoms with Crippen molar-refractivity contribution in [2.45, 2.75) is 79.6 Å². The summed E-state index contributed by atoms with van der Waals surface area (Å²) < 4.78 is 0. The molecule has 0 atom stereocenters. The predicted molar refractivity (Wildman–Crippen MR) is 160 cm³/mol. The first-order valence-electron chi connectivity index (χ1n) is 13.9. The molecule has 0 fully saturated rings. The number of rotatable bonds is 10. The van der Waals surface area contributed by atoms with Crippen LogP contribution in [0.5, 0.6) is 0 Å². The molecule has 0 saturated carbocycles. The summed E-state index contributed by atoms with van der Waals surface area (Å²) in [4.78, 5) is 0. The van der Waals surface area contributed by atoms with Crippen molar-refractivity contribution in [3.05, 3.63) is 101 Å². The Labute approximate surface area is 222 Å². The Morgan fingerprint density at radius 3 is 1.86 bits per heavy atom. The van der Waals surface area contributed by atoms with E-state index < -0.39 is 0 Å². The summed E-state index contributed by atoms with van der Waals surface area (Å²) in [5, 5.41) is 3.06. The van der Waals surface area contributed by atoms with Crippen LogP contribution >= 0.6 is 0 Å². The van der Waals surface area contributed by atoms with E-state index in [2.05, 4.69) is 114 Å². The van der Waals surface area contributed by atoms with Crippen LogP contribution < -0.4 is 5.19 Å². The lowest BCUT2D eigenvalue weighted by Gasteiger charge is -2.23. The Hall–Kier alpha value is -2.64. The highest BCUT2D eigenvalue weighted by Crippen LogP contribution is 2.36. The third-order valence-corrected chi connectivity index (χ3v) is 8.70. The number of hydrogen-bond donors (Lipinski definition) is 0. The molecule has 0 nitrogen and oxygen atoms in total. The highest BCUT2D eigenvalue weighted by molar-refractivity contribution is 6.63. The molecular formula is C35H42Si. The van der Waals surface area contributed by atoms with Crippen LogP contribution in [0.3, 0.4) is 0 Å². The number of benzene rings is 3. The van der Waals surface area contributed by atoms with Gasteiger partial charge in [-0.3, -0.25) is 0 Å². The fourth-order valence-corrected chi connectivity index (χ4v) is 6.87. The minimum atomic E-state index is 0.183. The highest BCUT2D eigenvalue weighted by Gasteiger charge is 2.23. The fourth-order valence-electron chi connectivity index (χ4n) is 5.15. The molecule has 186 valence electrons. The number of allylic oxidation sites excluding steroid dienone is 4. The van der Waals surface area contributed by atoms with Gasteiger partial charge in [0.15, 0.2) is 0 Å². The molecule has 0 bridgehead atoms. The third-order valence-electron chi connectivity index (χ3n) is 7.24. The van der Waals surface area contributed by atoms with Crippen LogP contribution in [0.4, 0.5) is 0 Å². The first kappa shape index (κ1) is 26.4. The van der Waals surface area contributed by atoms with Gasteiger partial charge in [0.1, 0.15) is 9.52 Å². The van der Waals surface area contributed by atoms with E-state index in [9.17, 15) is 0 Å². The van der Waals surface area contributed by atoms with E-state index in [0.717, 1.165) is 6.42 Å². The minimum absolute atomic E-state index is 0.183. The van der Waals surface area contributed by atoms with Gasteiger partial charge < -0.3 is 0 Å². The van der Waals surface area contributed by atoms with Gasteiger partial charge >= 0.3 is 0 Å². The second-order valence-electron chi connectivity index (χ2n) is 11.2. The molecule has 0 heterocycles.